The van der Waals surface area contributed by atoms with Crippen LogP contribution >= 0.6 is 27.5 Å². The van der Waals surface area contributed by atoms with Gasteiger partial charge in [0.1, 0.15) is 0 Å². The molecule has 2 aliphatic heterocycles. The highest BCUT2D eigenvalue weighted by Gasteiger charge is 2.47. The molecule has 29 heavy (non-hydrogen) atoms. The second kappa shape index (κ2) is 8.22. The van der Waals surface area contributed by atoms with Gasteiger partial charge >= 0.3 is 0 Å². The lowest BCUT2D eigenvalue weighted by atomic mass is 9.71. The normalized spacial score (nSPS) is 17.3. The Bertz CT molecular complexity index is 976. The Morgan fingerprint density at radius 2 is 1.55 bits per heavy atom. The smallest absolute Gasteiger partial charge is 0.298 e. The molecule has 4 nitrogen and oxygen atoms in total. The minimum Gasteiger partial charge on any atom is -0.337 e. The van der Waals surface area contributed by atoms with Crippen molar-refractivity contribution in [1.29, 1.82) is 0 Å². The molecule has 6 heteroatoms. The Morgan fingerprint density at radius 1 is 0.931 bits per heavy atom. The Morgan fingerprint density at radius 3 is 2.17 bits per heavy atom. The molecule has 4 rings (SSSR count). The van der Waals surface area contributed by atoms with E-state index in [-0.39, 0.29) is 17.2 Å². The molecular formula is C23H20BrClN2O2. The van der Waals surface area contributed by atoms with Gasteiger partial charge < -0.3 is 9.80 Å². The second-order valence-electron chi connectivity index (χ2n) is 7.72. The molecule has 2 aromatic carbocycles. The van der Waals surface area contributed by atoms with Crippen LogP contribution in [0.5, 0.6) is 0 Å². The highest BCUT2D eigenvalue weighted by Crippen LogP contribution is 2.41. The molecule has 1 spiro atoms. The van der Waals surface area contributed by atoms with Gasteiger partial charge in [-0.15, -0.1) is 0 Å². The summed E-state index contributed by atoms with van der Waals surface area (Å²) in [4.78, 5) is 28.7. The van der Waals surface area contributed by atoms with Crippen LogP contribution in [0, 0.1) is 17.3 Å². The quantitative estimate of drug-likeness (QED) is 0.584. The first-order chi connectivity index (χ1) is 13.9. The molecule has 0 unspecified atom stereocenters. The number of likely N-dealkylation sites (tertiary alicyclic amines) is 2. The van der Waals surface area contributed by atoms with Crippen LogP contribution in [0.3, 0.4) is 0 Å². The number of halogens is 2. The van der Waals surface area contributed by atoms with Crippen LogP contribution in [0.4, 0.5) is 0 Å². The van der Waals surface area contributed by atoms with E-state index in [9.17, 15) is 9.59 Å². The average Bonchev–Trinajstić information content (AvgIpc) is 2.71. The van der Waals surface area contributed by atoms with E-state index in [0.29, 0.717) is 23.7 Å². The summed E-state index contributed by atoms with van der Waals surface area (Å²) in [6.45, 7) is 2.88. The first-order valence-corrected chi connectivity index (χ1v) is 10.7. The molecule has 2 aliphatic rings. The SMILES string of the molecule is O=C(C#Cc1ccc(Br)cc1)N1CCC2(CC1)CN(C(=O)c1ccc(Cl)cc1)C2. The predicted octanol–water partition coefficient (Wildman–Crippen LogP) is 4.22. The third kappa shape index (κ3) is 4.49. The van der Waals surface area contributed by atoms with Crippen LogP contribution < -0.4 is 0 Å². The van der Waals surface area contributed by atoms with Crippen molar-refractivity contribution in [3.05, 3.63) is 69.2 Å². The zero-order valence-electron chi connectivity index (χ0n) is 15.8. The highest BCUT2D eigenvalue weighted by molar-refractivity contribution is 9.10. The molecule has 0 atom stereocenters. The van der Waals surface area contributed by atoms with E-state index in [4.69, 9.17) is 11.6 Å². The largest absolute Gasteiger partial charge is 0.337 e. The van der Waals surface area contributed by atoms with Gasteiger partial charge in [-0.05, 0) is 61.4 Å². The lowest BCUT2D eigenvalue weighted by Gasteiger charge is -2.53. The number of carbonyl (C=O) groups excluding carboxylic acids is 2. The molecule has 2 amide bonds. The van der Waals surface area contributed by atoms with E-state index in [1.54, 1.807) is 24.3 Å². The number of benzene rings is 2. The fraction of sp³-hybridized carbons (Fsp3) is 0.304. The maximum absolute atomic E-state index is 12.6. The second-order valence-corrected chi connectivity index (χ2v) is 9.07. The van der Waals surface area contributed by atoms with Gasteiger partial charge in [-0.1, -0.05) is 33.5 Å². The molecular weight excluding hydrogens is 452 g/mol. The maximum atomic E-state index is 12.6. The van der Waals surface area contributed by atoms with Crippen LogP contribution in [0.15, 0.2) is 53.0 Å². The number of carbonyl (C=O) groups is 2. The van der Waals surface area contributed by atoms with Crippen LogP contribution in [0.25, 0.3) is 0 Å². The summed E-state index contributed by atoms with van der Waals surface area (Å²) in [6.07, 6.45) is 1.81. The van der Waals surface area contributed by atoms with Crippen molar-refractivity contribution >= 4 is 39.3 Å². The lowest BCUT2D eigenvalue weighted by Crippen LogP contribution is -2.62. The van der Waals surface area contributed by atoms with Crippen molar-refractivity contribution in [2.24, 2.45) is 5.41 Å². The molecule has 0 bridgehead atoms. The van der Waals surface area contributed by atoms with Gasteiger partial charge in [0.2, 0.25) is 0 Å². The summed E-state index contributed by atoms with van der Waals surface area (Å²) in [5.74, 6) is 5.61. The summed E-state index contributed by atoms with van der Waals surface area (Å²) in [5.41, 5.74) is 1.63. The lowest BCUT2D eigenvalue weighted by molar-refractivity contribution is -0.129. The number of hydrogen-bond acceptors (Lipinski definition) is 2. The van der Waals surface area contributed by atoms with E-state index >= 15 is 0 Å². The van der Waals surface area contributed by atoms with E-state index < -0.39 is 0 Å². The van der Waals surface area contributed by atoms with Crippen LogP contribution in [-0.2, 0) is 4.79 Å². The maximum Gasteiger partial charge on any atom is 0.298 e. The van der Waals surface area contributed by atoms with Crippen molar-refractivity contribution in [3.63, 3.8) is 0 Å². The van der Waals surface area contributed by atoms with E-state index in [1.807, 2.05) is 34.1 Å². The molecule has 0 radical (unpaired) electrons. The van der Waals surface area contributed by atoms with E-state index in [1.165, 1.54) is 0 Å². The minimum absolute atomic E-state index is 0.0474. The monoisotopic (exact) mass is 470 g/mol. The van der Waals surface area contributed by atoms with Gasteiger partial charge in [-0.3, -0.25) is 9.59 Å². The van der Waals surface area contributed by atoms with Crippen LogP contribution in [-0.4, -0.2) is 47.8 Å². The zero-order valence-corrected chi connectivity index (χ0v) is 18.2. The van der Waals surface area contributed by atoms with Crippen molar-refractivity contribution in [2.75, 3.05) is 26.2 Å². The molecule has 2 aromatic rings. The van der Waals surface area contributed by atoms with Gasteiger partial charge in [0.15, 0.2) is 0 Å². The summed E-state index contributed by atoms with van der Waals surface area (Å²) < 4.78 is 0.986. The first kappa shape index (κ1) is 20.0. The van der Waals surface area contributed by atoms with Gasteiger partial charge in [-0.25, -0.2) is 0 Å². The molecule has 0 aliphatic carbocycles. The van der Waals surface area contributed by atoms with Crippen molar-refractivity contribution in [2.45, 2.75) is 12.8 Å². The molecule has 0 aromatic heterocycles. The zero-order chi connectivity index (χ0) is 20.4. The third-order valence-corrected chi connectivity index (χ3v) is 6.48. The average molecular weight is 472 g/mol. The van der Waals surface area contributed by atoms with Gasteiger partial charge in [-0.2, -0.15) is 0 Å². The van der Waals surface area contributed by atoms with Crippen molar-refractivity contribution in [3.8, 4) is 11.8 Å². The fourth-order valence-corrected chi connectivity index (χ4v) is 4.31. The van der Waals surface area contributed by atoms with Crippen molar-refractivity contribution in [1.82, 2.24) is 9.80 Å². The topological polar surface area (TPSA) is 40.6 Å². The van der Waals surface area contributed by atoms with E-state index in [2.05, 4.69) is 27.8 Å². The Balaban J connectivity index is 1.29. The van der Waals surface area contributed by atoms with E-state index in [0.717, 1.165) is 36.0 Å². The fourth-order valence-electron chi connectivity index (χ4n) is 3.92. The summed E-state index contributed by atoms with van der Waals surface area (Å²) in [5, 5.41) is 0.627. The number of hydrogen-bond donors (Lipinski definition) is 0. The third-order valence-electron chi connectivity index (χ3n) is 5.70. The molecule has 148 valence electrons. The minimum atomic E-state index is -0.129. The van der Waals surface area contributed by atoms with Crippen LogP contribution in [0.1, 0.15) is 28.8 Å². The Hall–Kier alpha value is -2.29. The number of amides is 2. The molecule has 2 heterocycles. The standard InChI is InChI=1S/C23H20BrClN2O2/c24-19-6-1-17(2-7-19)3-10-21(28)26-13-11-23(12-14-26)15-27(16-23)22(29)18-4-8-20(25)9-5-18/h1-2,4-9H,11-16H2. The summed E-state index contributed by atoms with van der Waals surface area (Å²) in [6, 6.07) is 14.6. The molecule has 0 saturated carbocycles. The number of piperidine rings is 1. The van der Waals surface area contributed by atoms with Crippen molar-refractivity contribution < 1.29 is 9.59 Å². The first-order valence-electron chi connectivity index (χ1n) is 9.56. The Labute approximate surface area is 184 Å². The number of nitrogens with zero attached hydrogens (tertiary/aromatic N) is 2. The molecule has 2 fully saturated rings. The number of rotatable bonds is 1. The Kier molecular flexibility index (Phi) is 5.67. The van der Waals surface area contributed by atoms with Gasteiger partial charge in [0.25, 0.3) is 11.8 Å². The van der Waals surface area contributed by atoms with Crippen LogP contribution in [0.2, 0.25) is 5.02 Å². The predicted molar refractivity (Wildman–Crippen MR) is 117 cm³/mol. The molecule has 0 N–H and O–H groups in total. The summed E-state index contributed by atoms with van der Waals surface area (Å²) in [7, 11) is 0. The van der Waals surface area contributed by atoms with Gasteiger partial charge in [0.05, 0.1) is 0 Å². The van der Waals surface area contributed by atoms with Gasteiger partial charge in [0, 0.05) is 58.1 Å². The molecule has 2 saturated heterocycles. The summed E-state index contributed by atoms with van der Waals surface area (Å²) >= 11 is 9.28. The highest BCUT2D eigenvalue weighted by atomic mass is 79.9.